The van der Waals surface area contributed by atoms with E-state index in [0.717, 1.165) is 55.5 Å². The number of anilines is 3. The Morgan fingerprint density at radius 2 is 1.12 bits per heavy atom. The maximum absolute atomic E-state index is 6.47. The highest BCUT2D eigenvalue weighted by Crippen LogP contribution is 2.52. The van der Waals surface area contributed by atoms with Gasteiger partial charge in [-0.2, -0.15) is 0 Å². The summed E-state index contributed by atoms with van der Waals surface area (Å²) in [4.78, 5) is 2.37. The molecule has 9 aromatic rings. The van der Waals surface area contributed by atoms with Crippen LogP contribution in [-0.4, -0.2) is 0 Å². The van der Waals surface area contributed by atoms with E-state index in [1.165, 1.54) is 38.8 Å². The van der Waals surface area contributed by atoms with Crippen LogP contribution >= 0.6 is 0 Å². The first-order valence-electron chi connectivity index (χ1n) is 17.7. The predicted molar refractivity (Wildman–Crippen MR) is 214 cm³/mol. The van der Waals surface area contributed by atoms with Gasteiger partial charge in [0, 0.05) is 38.5 Å². The zero-order chi connectivity index (χ0) is 34.1. The van der Waals surface area contributed by atoms with E-state index in [4.69, 9.17) is 4.42 Å². The Kier molecular flexibility index (Phi) is 6.56. The van der Waals surface area contributed by atoms with Gasteiger partial charge in [0.1, 0.15) is 11.2 Å². The second-order valence-corrected chi connectivity index (χ2v) is 14.1. The molecule has 0 amide bonds. The second kappa shape index (κ2) is 11.3. The molecule has 8 aromatic carbocycles. The number of hydrogen-bond donors (Lipinski definition) is 0. The minimum atomic E-state index is -0.0787. The molecule has 2 nitrogen and oxygen atoms in total. The number of nitrogens with zero attached hydrogens (tertiary/aromatic N) is 1. The van der Waals surface area contributed by atoms with Gasteiger partial charge in [-0.3, -0.25) is 0 Å². The Morgan fingerprint density at radius 1 is 0.451 bits per heavy atom. The van der Waals surface area contributed by atoms with Crippen LogP contribution in [-0.2, 0) is 5.41 Å². The van der Waals surface area contributed by atoms with Gasteiger partial charge in [0.25, 0.3) is 0 Å². The number of benzene rings is 8. The van der Waals surface area contributed by atoms with Crippen molar-refractivity contribution in [3.63, 3.8) is 0 Å². The van der Waals surface area contributed by atoms with Gasteiger partial charge in [-0.05, 0) is 92.9 Å². The Bertz CT molecular complexity index is 2770. The van der Waals surface area contributed by atoms with Crippen molar-refractivity contribution < 1.29 is 4.42 Å². The lowest BCUT2D eigenvalue weighted by atomic mass is 9.79. The summed E-state index contributed by atoms with van der Waals surface area (Å²) in [6.45, 7) is 4.71. The molecular formula is C49H35NO. The summed E-state index contributed by atoms with van der Waals surface area (Å²) >= 11 is 0. The fraction of sp³-hybridized carbons (Fsp3) is 0.0612. The van der Waals surface area contributed by atoms with Crippen LogP contribution in [0.1, 0.15) is 25.0 Å². The van der Waals surface area contributed by atoms with Crippen LogP contribution in [0.2, 0.25) is 0 Å². The fourth-order valence-electron chi connectivity index (χ4n) is 8.47. The molecule has 0 atom stereocenters. The molecule has 1 aliphatic rings. The molecule has 10 rings (SSSR count). The van der Waals surface area contributed by atoms with Crippen LogP contribution in [0.15, 0.2) is 180 Å². The second-order valence-electron chi connectivity index (χ2n) is 14.1. The molecule has 0 radical (unpaired) electrons. The monoisotopic (exact) mass is 653 g/mol. The highest BCUT2D eigenvalue weighted by molar-refractivity contribution is 6.15. The van der Waals surface area contributed by atoms with Crippen molar-refractivity contribution in [2.24, 2.45) is 0 Å². The van der Waals surface area contributed by atoms with E-state index >= 15 is 0 Å². The van der Waals surface area contributed by atoms with Crippen LogP contribution in [0.25, 0.3) is 66.1 Å². The molecular weight excluding hydrogens is 619 g/mol. The summed E-state index contributed by atoms with van der Waals surface area (Å²) < 4.78 is 6.47. The minimum absolute atomic E-state index is 0.0787. The van der Waals surface area contributed by atoms with Crippen LogP contribution in [0.4, 0.5) is 17.1 Å². The first-order valence-corrected chi connectivity index (χ1v) is 17.7. The summed E-state index contributed by atoms with van der Waals surface area (Å²) in [7, 11) is 0. The lowest BCUT2D eigenvalue weighted by molar-refractivity contribution is 0.662. The van der Waals surface area contributed by atoms with Crippen LogP contribution in [0.5, 0.6) is 0 Å². The van der Waals surface area contributed by atoms with Gasteiger partial charge in [0.05, 0.1) is 5.69 Å². The van der Waals surface area contributed by atoms with Crippen molar-refractivity contribution in [2.45, 2.75) is 19.3 Å². The van der Waals surface area contributed by atoms with E-state index in [-0.39, 0.29) is 5.41 Å². The van der Waals surface area contributed by atoms with E-state index in [1.807, 2.05) is 0 Å². The SMILES string of the molecule is CC1(C)c2ccccc2-c2cccc(-c3ccc(N(c4ccccc4)c4ccccc4-c4ccc5oc6c7ccccc7ccc6c5c4)cc3)c21. The average Bonchev–Trinajstić information content (AvgIpc) is 3.68. The molecule has 1 aromatic heterocycles. The van der Waals surface area contributed by atoms with Gasteiger partial charge in [-0.15, -0.1) is 0 Å². The van der Waals surface area contributed by atoms with Crippen molar-refractivity contribution in [3.8, 4) is 33.4 Å². The van der Waals surface area contributed by atoms with E-state index in [1.54, 1.807) is 0 Å². The topological polar surface area (TPSA) is 16.4 Å². The summed E-state index contributed by atoms with van der Waals surface area (Å²) in [6.07, 6.45) is 0. The van der Waals surface area contributed by atoms with Crippen LogP contribution in [0, 0.1) is 0 Å². The zero-order valence-corrected chi connectivity index (χ0v) is 28.6. The lowest BCUT2D eigenvalue weighted by Crippen LogP contribution is -2.16. The quantitative estimate of drug-likeness (QED) is 0.184. The molecule has 0 aliphatic heterocycles. The Labute approximate surface area is 297 Å². The van der Waals surface area contributed by atoms with Gasteiger partial charge < -0.3 is 9.32 Å². The third-order valence-electron chi connectivity index (χ3n) is 10.8. The maximum atomic E-state index is 6.47. The highest BCUT2D eigenvalue weighted by atomic mass is 16.3. The Hall–Kier alpha value is -6.38. The smallest absolute Gasteiger partial charge is 0.143 e. The third kappa shape index (κ3) is 4.57. The zero-order valence-electron chi connectivity index (χ0n) is 28.6. The molecule has 0 fully saturated rings. The van der Waals surface area contributed by atoms with Crippen molar-refractivity contribution in [2.75, 3.05) is 4.90 Å². The van der Waals surface area contributed by atoms with Gasteiger partial charge in [-0.1, -0.05) is 141 Å². The molecule has 242 valence electrons. The molecule has 0 N–H and O–H groups in total. The molecule has 0 bridgehead atoms. The van der Waals surface area contributed by atoms with E-state index in [9.17, 15) is 0 Å². The molecule has 0 spiro atoms. The normalized spacial score (nSPS) is 13.1. The van der Waals surface area contributed by atoms with E-state index in [2.05, 4.69) is 195 Å². The number of furan rings is 1. The molecule has 0 saturated heterocycles. The van der Waals surface area contributed by atoms with Crippen LogP contribution in [0.3, 0.4) is 0 Å². The number of para-hydroxylation sites is 2. The van der Waals surface area contributed by atoms with E-state index in [0.29, 0.717) is 0 Å². The molecule has 1 aliphatic carbocycles. The summed E-state index contributed by atoms with van der Waals surface area (Å²) in [6, 6.07) is 63.5. The van der Waals surface area contributed by atoms with Crippen LogP contribution < -0.4 is 4.90 Å². The molecule has 51 heavy (non-hydrogen) atoms. The summed E-state index contributed by atoms with van der Waals surface area (Å²) in [5, 5.41) is 4.58. The van der Waals surface area contributed by atoms with Gasteiger partial charge >= 0.3 is 0 Å². The Morgan fingerprint density at radius 3 is 1.98 bits per heavy atom. The number of hydrogen-bond acceptors (Lipinski definition) is 2. The van der Waals surface area contributed by atoms with Gasteiger partial charge in [-0.25, -0.2) is 0 Å². The fourth-order valence-corrected chi connectivity index (χ4v) is 8.47. The van der Waals surface area contributed by atoms with Crippen molar-refractivity contribution in [1.82, 2.24) is 0 Å². The average molecular weight is 654 g/mol. The van der Waals surface area contributed by atoms with Crippen molar-refractivity contribution >= 4 is 49.8 Å². The minimum Gasteiger partial charge on any atom is -0.455 e. The summed E-state index contributed by atoms with van der Waals surface area (Å²) in [5.41, 5.74) is 15.4. The van der Waals surface area contributed by atoms with Crippen molar-refractivity contribution in [1.29, 1.82) is 0 Å². The van der Waals surface area contributed by atoms with Gasteiger partial charge in [0.2, 0.25) is 0 Å². The lowest BCUT2D eigenvalue weighted by Gasteiger charge is -2.28. The first kappa shape index (κ1) is 29.5. The maximum Gasteiger partial charge on any atom is 0.143 e. The van der Waals surface area contributed by atoms with Crippen molar-refractivity contribution in [3.05, 3.63) is 187 Å². The number of rotatable bonds is 5. The molecule has 0 unspecified atom stereocenters. The largest absolute Gasteiger partial charge is 0.455 e. The molecule has 2 heteroatoms. The standard InChI is InChI=1S/C49H35NO/c1-49(2)44-21-10-8-18-40(44)41-20-12-19-38(47(41)49)33-23-27-36(28-24-33)50(35-14-4-3-5-15-35)45-22-11-9-16-37(45)34-26-30-46-43(31-34)42-29-25-32-13-6-7-17-39(32)48(42)51-46/h3-31H,1-2H3. The van der Waals surface area contributed by atoms with Gasteiger partial charge in [0.15, 0.2) is 0 Å². The Balaban J connectivity index is 1.10. The first-order chi connectivity index (χ1) is 25.1. The predicted octanol–water partition coefficient (Wildman–Crippen LogP) is 13.8. The molecule has 1 heterocycles. The third-order valence-corrected chi connectivity index (χ3v) is 10.8. The molecule has 0 saturated carbocycles. The van der Waals surface area contributed by atoms with E-state index < -0.39 is 0 Å². The highest BCUT2D eigenvalue weighted by Gasteiger charge is 2.37. The number of fused-ring (bicyclic) bond motifs is 8. The summed E-state index contributed by atoms with van der Waals surface area (Å²) in [5.74, 6) is 0.